The van der Waals surface area contributed by atoms with Crippen LogP contribution in [0, 0.1) is 11.8 Å². The molecule has 2 saturated carbocycles. The summed E-state index contributed by atoms with van der Waals surface area (Å²) in [7, 11) is -3.10. The highest BCUT2D eigenvalue weighted by atomic mass is 32.2. The van der Waals surface area contributed by atoms with E-state index in [2.05, 4.69) is 4.72 Å². The van der Waals surface area contributed by atoms with Gasteiger partial charge in [-0.15, -0.1) is 0 Å². The first-order chi connectivity index (χ1) is 8.11. The number of rotatable bonds is 5. The van der Waals surface area contributed by atoms with Crippen LogP contribution in [-0.2, 0) is 10.0 Å². The van der Waals surface area contributed by atoms with Crippen molar-refractivity contribution in [3.05, 3.63) is 0 Å². The summed E-state index contributed by atoms with van der Waals surface area (Å²) in [6.45, 7) is 0.594. The van der Waals surface area contributed by atoms with Gasteiger partial charge in [0, 0.05) is 6.04 Å². The molecule has 5 heteroatoms. The molecule has 4 nitrogen and oxygen atoms in total. The zero-order chi connectivity index (χ0) is 12.3. The molecule has 0 spiro atoms. The smallest absolute Gasteiger partial charge is 0.212 e. The Morgan fingerprint density at radius 2 is 1.76 bits per heavy atom. The Bertz CT molecular complexity index is 336. The maximum atomic E-state index is 12.1. The summed E-state index contributed by atoms with van der Waals surface area (Å²) in [5.41, 5.74) is 5.67. The fourth-order valence-corrected chi connectivity index (χ4v) is 5.06. The molecule has 0 aromatic carbocycles. The minimum Gasteiger partial charge on any atom is -0.330 e. The second-order valence-electron chi connectivity index (χ2n) is 5.58. The first kappa shape index (κ1) is 13.3. The van der Waals surface area contributed by atoms with Crippen molar-refractivity contribution in [2.24, 2.45) is 17.6 Å². The van der Waals surface area contributed by atoms with E-state index in [-0.39, 0.29) is 6.04 Å². The lowest BCUT2D eigenvalue weighted by atomic mass is 10.1. The predicted octanol–water partition coefficient (Wildman–Crippen LogP) is 1.22. The van der Waals surface area contributed by atoms with Crippen molar-refractivity contribution >= 4 is 10.0 Å². The number of hydrogen-bond acceptors (Lipinski definition) is 3. The third-order valence-corrected chi connectivity index (χ3v) is 5.79. The molecule has 17 heavy (non-hydrogen) atoms. The number of sulfonamides is 1. The van der Waals surface area contributed by atoms with E-state index >= 15 is 0 Å². The van der Waals surface area contributed by atoms with Gasteiger partial charge in [0.15, 0.2) is 0 Å². The van der Waals surface area contributed by atoms with Crippen molar-refractivity contribution in [2.45, 2.75) is 51.0 Å². The van der Waals surface area contributed by atoms with E-state index in [9.17, 15) is 8.42 Å². The highest BCUT2D eigenvalue weighted by Crippen LogP contribution is 2.28. The Kier molecular flexibility index (Phi) is 4.44. The summed E-state index contributed by atoms with van der Waals surface area (Å²) in [4.78, 5) is 0. The Labute approximate surface area is 104 Å². The molecule has 0 bridgehead atoms. The SMILES string of the molecule is NCC1CCCC1NS(=O)(=O)CC1CCCC1. The Morgan fingerprint density at radius 1 is 1.06 bits per heavy atom. The quantitative estimate of drug-likeness (QED) is 0.781. The molecule has 2 aliphatic rings. The molecule has 0 aromatic rings. The molecule has 0 aliphatic heterocycles. The minimum atomic E-state index is -3.10. The lowest BCUT2D eigenvalue weighted by molar-refractivity contribution is 0.449. The van der Waals surface area contributed by atoms with Crippen LogP contribution in [0.1, 0.15) is 44.9 Å². The van der Waals surface area contributed by atoms with Crippen LogP contribution in [0.25, 0.3) is 0 Å². The lowest BCUT2D eigenvalue weighted by Gasteiger charge is -2.20. The maximum Gasteiger partial charge on any atom is 0.212 e. The van der Waals surface area contributed by atoms with Crippen molar-refractivity contribution in [1.82, 2.24) is 4.72 Å². The molecule has 2 atom stereocenters. The van der Waals surface area contributed by atoms with E-state index in [0.29, 0.717) is 24.1 Å². The predicted molar refractivity (Wildman–Crippen MR) is 69.1 cm³/mol. The van der Waals surface area contributed by atoms with Gasteiger partial charge in [-0.3, -0.25) is 0 Å². The van der Waals surface area contributed by atoms with Gasteiger partial charge in [-0.1, -0.05) is 19.3 Å². The fourth-order valence-electron chi connectivity index (χ4n) is 3.24. The molecule has 100 valence electrons. The van der Waals surface area contributed by atoms with Gasteiger partial charge in [-0.05, 0) is 44.1 Å². The van der Waals surface area contributed by atoms with Crippen molar-refractivity contribution in [3.63, 3.8) is 0 Å². The van der Waals surface area contributed by atoms with Gasteiger partial charge in [0.25, 0.3) is 0 Å². The summed E-state index contributed by atoms with van der Waals surface area (Å²) in [6.07, 6.45) is 7.64. The van der Waals surface area contributed by atoms with E-state index in [4.69, 9.17) is 5.73 Å². The first-order valence-corrected chi connectivity index (χ1v) is 8.46. The highest BCUT2D eigenvalue weighted by molar-refractivity contribution is 7.89. The lowest BCUT2D eigenvalue weighted by Crippen LogP contribution is -2.41. The molecule has 0 heterocycles. The van der Waals surface area contributed by atoms with Gasteiger partial charge in [0.05, 0.1) is 5.75 Å². The minimum absolute atomic E-state index is 0.0893. The van der Waals surface area contributed by atoms with E-state index < -0.39 is 10.0 Å². The third kappa shape index (κ3) is 3.66. The molecule has 2 unspecified atom stereocenters. The normalized spacial score (nSPS) is 31.1. The number of nitrogens with one attached hydrogen (secondary N) is 1. The summed E-state index contributed by atoms with van der Waals surface area (Å²) >= 11 is 0. The average molecular weight is 260 g/mol. The molecule has 0 radical (unpaired) electrons. The molecule has 2 aliphatic carbocycles. The second kappa shape index (κ2) is 5.67. The van der Waals surface area contributed by atoms with Crippen LogP contribution < -0.4 is 10.5 Å². The largest absolute Gasteiger partial charge is 0.330 e. The van der Waals surface area contributed by atoms with Crippen molar-refractivity contribution < 1.29 is 8.42 Å². The molecule has 0 aromatic heterocycles. The van der Waals surface area contributed by atoms with Gasteiger partial charge in [-0.2, -0.15) is 0 Å². The van der Waals surface area contributed by atoms with E-state index in [1.807, 2.05) is 0 Å². The molecule has 3 N–H and O–H groups in total. The van der Waals surface area contributed by atoms with Gasteiger partial charge >= 0.3 is 0 Å². The van der Waals surface area contributed by atoms with Gasteiger partial charge in [0.1, 0.15) is 0 Å². The van der Waals surface area contributed by atoms with Gasteiger partial charge in [0.2, 0.25) is 10.0 Å². The summed E-state index contributed by atoms with van der Waals surface area (Å²) in [6, 6.07) is 0.0893. The number of nitrogens with two attached hydrogens (primary N) is 1. The molecule has 0 amide bonds. The van der Waals surface area contributed by atoms with Crippen LogP contribution in [0.3, 0.4) is 0 Å². The van der Waals surface area contributed by atoms with Crippen LogP contribution in [0.15, 0.2) is 0 Å². The van der Waals surface area contributed by atoms with E-state index in [1.165, 1.54) is 12.8 Å². The van der Waals surface area contributed by atoms with Crippen molar-refractivity contribution in [3.8, 4) is 0 Å². The maximum absolute atomic E-state index is 12.1. The van der Waals surface area contributed by atoms with Crippen LogP contribution in [-0.4, -0.2) is 26.8 Å². The molecule has 0 saturated heterocycles. The molecule has 2 fully saturated rings. The summed E-state index contributed by atoms with van der Waals surface area (Å²) in [5.74, 6) is 1.04. The van der Waals surface area contributed by atoms with Crippen LogP contribution in [0.5, 0.6) is 0 Å². The zero-order valence-corrected chi connectivity index (χ0v) is 11.2. The first-order valence-electron chi connectivity index (χ1n) is 6.81. The van der Waals surface area contributed by atoms with Crippen molar-refractivity contribution in [1.29, 1.82) is 0 Å². The Hall–Kier alpha value is -0.130. The topological polar surface area (TPSA) is 72.2 Å². The monoisotopic (exact) mass is 260 g/mol. The van der Waals surface area contributed by atoms with Gasteiger partial charge in [-0.25, -0.2) is 13.1 Å². The van der Waals surface area contributed by atoms with Crippen LogP contribution >= 0.6 is 0 Å². The zero-order valence-electron chi connectivity index (χ0n) is 10.4. The van der Waals surface area contributed by atoms with Crippen molar-refractivity contribution in [2.75, 3.05) is 12.3 Å². The van der Waals surface area contributed by atoms with Gasteiger partial charge < -0.3 is 5.73 Å². The second-order valence-corrected chi connectivity index (χ2v) is 7.38. The molecular weight excluding hydrogens is 236 g/mol. The van der Waals surface area contributed by atoms with E-state index in [1.54, 1.807) is 0 Å². The standard InChI is InChI=1S/C12H24N2O2S/c13-8-11-6-3-7-12(11)14-17(15,16)9-10-4-1-2-5-10/h10-12,14H,1-9,13H2. The Balaban J connectivity index is 1.87. The third-order valence-electron chi connectivity index (χ3n) is 4.22. The fraction of sp³-hybridized carbons (Fsp3) is 1.00. The van der Waals surface area contributed by atoms with Crippen LogP contribution in [0.2, 0.25) is 0 Å². The van der Waals surface area contributed by atoms with E-state index in [0.717, 1.165) is 32.1 Å². The average Bonchev–Trinajstić information content (AvgIpc) is 2.87. The van der Waals surface area contributed by atoms with Crippen LogP contribution in [0.4, 0.5) is 0 Å². The highest BCUT2D eigenvalue weighted by Gasteiger charge is 2.31. The Morgan fingerprint density at radius 3 is 2.41 bits per heavy atom. The molecular formula is C12H24N2O2S. The molecule has 2 rings (SSSR count). The summed E-state index contributed by atoms with van der Waals surface area (Å²) in [5, 5.41) is 0. The summed E-state index contributed by atoms with van der Waals surface area (Å²) < 4.78 is 27.0. The number of hydrogen-bond donors (Lipinski definition) is 2.